The second kappa shape index (κ2) is 7.33. The number of hydrogen-bond donors (Lipinski definition) is 0. The maximum atomic E-state index is 12.7. The third kappa shape index (κ3) is 3.72. The van der Waals surface area contributed by atoms with Gasteiger partial charge in [0.05, 0.1) is 4.90 Å². The average Bonchev–Trinajstić information content (AvgIpc) is 2.68. The highest BCUT2D eigenvalue weighted by molar-refractivity contribution is 7.89. The molecule has 0 unspecified atom stereocenters. The van der Waals surface area contributed by atoms with Gasteiger partial charge in [-0.25, -0.2) is 8.42 Å². The SMILES string of the molecule is CCc1ccc(S(=O)(=O)N2CCN(C(=O)c3ccncc3)CC2)cc1. The zero-order chi connectivity index (χ0) is 17.9. The number of carbonyl (C=O) groups is 1. The molecular weight excluding hydrogens is 338 g/mol. The Balaban J connectivity index is 1.67. The molecule has 2 heterocycles. The summed E-state index contributed by atoms with van der Waals surface area (Å²) in [5, 5.41) is 0. The molecule has 3 rings (SSSR count). The maximum Gasteiger partial charge on any atom is 0.254 e. The van der Waals surface area contributed by atoms with Gasteiger partial charge in [-0.05, 0) is 36.2 Å². The molecule has 1 fully saturated rings. The fraction of sp³-hybridized carbons (Fsp3) is 0.333. The minimum absolute atomic E-state index is 0.0910. The Labute approximate surface area is 148 Å². The molecule has 6 nitrogen and oxygen atoms in total. The lowest BCUT2D eigenvalue weighted by Crippen LogP contribution is -2.50. The summed E-state index contributed by atoms with van der Waals surface area (Å²) in [5.41, 5.74) is 1.67. The third-order valence-electron chi connectivity index (χ3n) is 4.42. The van der Waals surface area contributed by atoms with Crippen molar-refractivity contribution < 1.29 is 13.2 Å². The molecule has 1 aromatic heterocycles. The highest BCUT2D eigenvalue weighted by Crippen LogP contribution is 2.19. The summed E-state index contributed by atoms with van der Waals surface area (Å²) < 4.78 is 26.9. The summed E-state index contributed by atoms with van der Waals surface area (Å²) in [7, 11) is -3.52. The summed E-state index contributed by atoms with van der Waals surface area (Å²) in [6.45, 7) is 3.40. The van der Waals surface area contributed by atoms with Crippen molar-refractivity contribution in [2.45, 2.75) is 18.2 Å². The first-order valence-electron chi connectivity index (χ1n) is 8.31. The second-order valence-electron chi connectivity index (χ2n) is 5.93. The van der Waals surface area contributed by atoms with Crippen LogP contribution in [0.2, 0.25) is 0 Å². The largest absolute Gasteiger partial charge is 0.336 e. The van der Waals surface area contributed by atoms with E-state index in [0.717, 1.165) is 12.0 Å². The molecule has 0 aliphatic carbocycles. The molecule has 1 aliphatic heterocycles. The van der Waals surface area contributed by atoms with Gasteiger partial charge in [-0.1, -0.05) is 19.1 Å². The molecular formula is C18H21N3O3S. The van der Waals surface area contributed by atoms with Gasteiger partial charge in [0.2, 0.25) is 10.0 Å². The summed E-state index contributed by atoms with van der Waals surface area (Å²) in [5.74, 6) is -0.0910. The van der Waals surface area contributed by atoms with Crippen LogP contribution in [0.1, 0.15) is 22.8 Å². The van der Waals surface area contributed by atoms with E-state index >= 15 is 0 Å². The zero-order valence-corrected chi connectivity index (χ0v) is 14.9. The van der Waals surface area contributed by atoms with Gasteiger partial charge >= 0.3 is 0 Å². The van der Waals surface area contributed by atoms with Crippen LogP contribution in [0.4, 0.5) is 0 Å². The van der Waals surface area contributed by atoms with Gasteiger partial charge in [-0.3, -0.25) is 9.78 Å². The third-order valence-corrected chi connectivity index (χ3v) is 6.34. The van der Waals surface area contributed by atoms with Crippen molar-refractivity contribution in [1.29, 1.82) is 0 Å². The van der Waals surface area contributed by atoms with E-state index < -0.39 is 10.0 Å². The first-order valence-corrected chi connectivity index (χ1v) is 9.75. The van der Waals surface area contributed by atoms with Gasteiger partial charge in [0.15, 0.2) is 0 Å². The molecule has 0 bridgehead atoms. The lowest BCUT2D eigenvalue weighted by molar-refractivity contribution is 0.0698. The fourth-order valence-electron chi connectivity index (χ4n) is 2.85. The Bertz CT molecular complexity index is 828. The smallest absolute Gasteiger partial charge is 0.254 e. The molecule has 132 valence electrons. The molecule has 7 heteroatoms. The van der Waals surface area contributed by atoms with Gasteiger partial charge in [-0.15, -0.1) is 0 Å². The summed E-state index contributed by atoms with van der Waals surface area (Å²) in [6.07, 6.45) is 4.03. The summed E-state index contributed by atoms with van der Waals surface area (Å²) in [6, 6.07) is 10.3. The van der Waals surface area contributed by atoms with Crippen LogP contribution in [0.5, 0.6) is 0 Å². The van der Waals surface area contributed by atoms with Crippen molar-refractivity contribution in [3.63, 3.8) is 0 Å². The molecule has 25 heavy (non-hydrogen) atoms. The molecule has 0 spiro atoms. The van der Waals surface area contributed by atoms with Crippen LogP contribution in [0.25, 0.3) is 0 Å². The fourth-order valence-corrected chi connectivity index (χ4v) is 4.28. The number of hydrogen-bond acceptors (Lipinski definition) is 4. The number of piperazine rings is 1. The molecule has 1 aromatic carbocycles. The Hall–Kier alpha value is -2.25. The van der Waals surface area contributed by atoms with Gasteiger partial charge < -0.3 is 4.90 Å². The van der Waals surface area contributed by atoms with Crippen LogP contribution in [-0.2, 0) is 16.4 Å². The molecule has 1 aliphatic rings. The Morgan fingerprint density at radius 2 is 1.60 bits per heavy atom. The molecule has 2 aromatic rings. The number of nitrogens with zero attached hydrogens (tertiary/aromatic N) is 3. The Kier molecular flexibility index (Phi) is 5.15. The van der Waals surface area contributed by atoms with Crippen molar-refractivity contribution >= 4 is 15.9 Å². The first-order chi connectivity index (χ1) is 12.0. The number of rotatable bonds is 4. The van der Waals surface area contributed by atoms with Crippen molar-refractivity contribution in [2.75, 3.05) is 26.2 Å². The van der Waals surface area contributed by atoms with Crippen LogP contribution >= 0.6 is 0 Å². The monoisotopic (exact) mass is 359 g/mol. The van der Waals surface area contributed by atoms with E-state index in [4.69, 9.17) is 0 Å². The van der Waals surface area contributed by atoms with Crippen LogP contribution in [-0.4, -0.2) is 54.7 Å². The van der Waals surface area contributed by atoms with Gasteiger partial charge in [0.1, 0.15) is 0 Å². The van der Waals surface area contributed by atoms with Gasteiger partial charge in [-0.2, -0.15) is 4.31 Å². The number of amides is 1. The molecule has 0 N–H and O–H groups in total. The molecule has 1 saturated heterocycles. The molecule has 0 atom stereocenters. The number of carbonyl (C=O) groups excluding carboxylic acids is 1. The van der Waals surface area contributed by atoms with E-state index in [2.05, 4.69) is 4.98 Å². The number of aromatic nitrogens is 1. The highest BCUT2D eigenvalue weighted by atomic mass is 32.2. The van der Waals surface area contributed by atoms with Gasteiger partial charge in [0.25, 0.3) is 5.91 Å². The topological polar surface area (TPSA) is 70.6 Å². The number of pyridine rings is 1. The predicted octanol–water partition coefficient (Wildman–Crippen LogP) is 1.79. The lowest BCUT2D eigenvalue weighted by Gasteiger charge is -2.34. The first kappa shape index (κ1) is 17.6. The van der Waals surface area contributed by atoms with Crippen molar-refractivity contribution in [1.82, 2.24) is 14.2 Å². The number of aryl methyl sites for hydroxylation is 1. The van der Waals surface area contributed by atoms with E-state index in [1.54, 1.807) is 41.6 Å². The maximum absolute atomic E-state index is 12.7. The lowest BCUT2D eigenvalue weighted by atomic mass is 10.2. The molecule has 0 radical (unpaired) electrons. The van der Waals surface area contributed by atoms with E-state index in [9.17, 15) is 13.2 Å². The number of benzene rings is 1. The van der Waals surface area contributed by atoms with Crippen molar-refractivity contribution in [3.05, 3.63) is 59.9 Å². The van der Waals surface area contributed by atoms with Crippen LogP contribution in [0.15, 0.2) is 53.7 Å². The van der Waals surface area contributed by atoms with Gasteiger partial charge in [0, 0.05) is 44.1 Å². The van der Waals surface area contributed by atoms with E-state index in [-0.39, 0.29) is 5.91 Å². The van der Waals surface area contributed by atoms with E-state index in [1.165, 1.54) is 4.31 Å². The predicted molar refractivity (Wildman–Crippen MR) is 94.7 cm³/mol. The van der Waals surface area contributed by atoms with Crippen LogP contribution < -0.4 is 0 Å². The second-order valence-corrected chi connectivity index (χ2v) is 7.87. The van der Waals surface area contributed by atoms with Crippen LogP contribution in [0.3, 0.4) is 0 Å². The molecule has 0 saturated carbocycles. The van der Waals surface area contributed by atoms with E-state index in [0.29, 0.717) is 36.6 Å². The number of sulfonamides is 1. The normalized spacial score (nSPS) is 16.0. The average molecular weight is 359 g/mol. The summed E-state index contributed by atoms with van der Waals surface area (Å²) >= 11 is 0. The Morgan fingerprint density at radius 1 is 1.00 bits per heavy atom. The highest BCUT2D eigenvalue weighted by Gasteiger charge is 2.30. The summed E-state index contributed by atoms with van der Waals surface area (Å²) in [4.78, 5) is 18.3. The minimum Gasteiger partial charge on any atom is -0.336 e. The minimum atomic E-state index is -3.52. The molecule has 1 amide bonds. The Morgan fingerprint density at radius 3 is 2.16 bits per heavy atom. The quantitative estimate of drug-likeness (QED) is 0.834. The van der Waals surface area contributed by atoms with Crippen LogP contribution in [0, 0.1) is 0 Å². The zero-order valence-electron chi connectivity index (χ0n) is 14.1. The van der Waals surface area contributed by atoms with Crippen molar-refractivity contribution in [3.8, 4) is 0 Å². The standard InChI is InChI=1S/C18H21N3O3S/c1-2-15-3-5-17(6-4-15)25(23,24)21-13-11-20(12-14-21)18(22)16-7-9-19-10-8-16/h3-10H,2,11-14H2,1H3. The van der Waals surface area contributed by atoms with Crippen molar-refractivity contribution in [2.24, 2.45) is 0 Å². The van der Waals surface area contributed by atoms with E-state index in [1.807, 2.05) is 19.1 Å².